The number of aromatic nitrogens is 2. The Bertz CT molecular complexity index is 1380. The van der Waals surface area contributed by atoms with Crippen molar-refractivity contribution in [3.05, 3.63) is 87.5 Å². The zero-order chi connectivity index (χ0) is 24.2. The summed E-state index contributed by atoms with van der Waals surface area (Å²) in [6, 6.07) is 20.2. The number of aryl methyl sites for hydroxylation is 2. The minimum atomic E-state index is -0.124. The molecule has 1 unspecified atom stereocenters. The average molecular weight is 487 g/mol. The quantitative estimate of drug-likeness (QED) is 0.384. The number of anilines is 1. The summed E-state index contributed by atoms with van der Waals surface area (Å²) in [6.45, 7) is 4.01. The molecule has 1 N–H and O–H groups in total. The van der Waals surface area contributed by atoms with Gasteiger partial charge in [0.15, 0.2) is 0 Å². The first-order valence-corrected chi connectivity index (χ1v) is 13.1. The number of hydrogen-bond donors (Lipinski definition) is 1. The van der Waals surface area contributed by atoms with E-state index in [0.29, 0.717) is 29.3 Å². The molecule has 180 valence electrons. The number of amides is 1. The summed E-state index contributed by atoms with van der Waals surface area (Å²) >= 11 is 1.42. The fourth-order valence-electron chi connectivity index (χ4n) is 4.78. The molecule has 1 aliphatic rings. The Hall–Kier alpha value is -3.45. The highest BCUT2D eigenvalue weighted by molar-refractivity contribution is 7.17. The van der Waals surface area contributed by atoms with Gasteiger partial charge in [0, 0.05) is 19.6 Å². The second-order valence-electron chi connectivity index (χ2n) is 9.19. The van der Waals surface area contributed by atoms with E-state index in [9.17, 15) is 9.59 Å². The van der Waals surface area contributed by atoms with Gasteiger partial charge in [-0.1, -0.05) is 42.5 Å². The van der Waals surface area contributed by atoms with Crippen LogP contribution in [-0.2, 0) is 11.2 Å². The summed E-state index contributed by atoms with van der Waals surface area (Å²) in [5.74, 6) is 0.582. The lowest BCUT2D eigenvalue weighted by Crippen LogP contribution is -2.45. The Balaban J connectivity index is 1.34. The number of rotatable bonds is 7. The van der Waals surface area contributed by atoms with Crippen molar-refractivity contribution in [1.82, 2.24) is 14.9 Å². The molecule has 0 radical (unpaired) electrons. The van der Waals surface area contributed by atoms with Crippen molar-refractivity contribution in [2.45, 2.75) is 32.6 Å². The minimum Gasteiger partial charge on any atom is -0.356 e. The van der Waals surface area contributed by atoms with E-state index in [1.807, 2.05) is 60.8 Å². The Morgan fingerprint density at radius 1 is 1.14 bits per heavy atom. The van der Waals surface area contributed by atoms with Crippen LogP contribution in [0.3, 0.4) is 0 Å². The molecule has 35 heavy (non-hydrogen) atoms. The van der Waals surface area contributed by atoms with E-state index >= 15 is 0 Å². The number of carbonyl (C=O) groups excluding carboxylic acids is 1. The molecule has 3 heterocycles. The highest BCUT2D eigenvalue weighted by Crippen LogP contribution is 2.27. The third-order valence-electron chi connectivity index (χ3n) is 6.58. The molecule has 2 aromatic heterocycles. The Morgan fingerprint density at radius 2 is 2.00 bits per heavy atom. The van der Waals surface area contributed by atoms with E-state index in [-0.39, 0.29) is 17.4 Å². The predicted molar refractivity (Wildman–Crippen MR) is 143 cm³/mol. The molecule has 0 saturated carbocycles. The van der Waals surface area contributed by atoms with Crippen molar-refractivity contribution < 1.29 is 4.79 Å². The molecule has 5 rings (SSSR count). The number of carbonyl (C=O) groups is 1. The molecule has 6 nitrogen and oxygen atoms in total. The lowest BCUT2D eigenvalue weighted by Gasteiger charge is -2.34. The zero-order valence-electron chi connectivity index (χ0n) is 19.9. The smallest absolute Gasteiger partial charge is 0.277 e. The molecule has 1 amide bonds. The standard InChI is InChI=1S/C28H30N4O2S/c1-20-8-5-13-23(18-20)32-27(34)25-24(14-17-35-25)30-28(32)31-16-7-12-22(19-31)26(33)29-15-6-11-21-9-3-2-4-10-21/h2-5,8-10,13-14,17-18,22H,6-7,11-12,15-16,19H2,1H3,(H,29,33). The average Bonchev–Trinajstić information content (AvgIpc) is 3.36. The highest BCUT2D eigenvalue weighted by atomic mass is 32.1. The molecular formula is C28H30N4O2S. The van der Waals surface area contributed by atoms with Crippen molar-refractivity contribution in [3.63, 3.8) is 0 Å². The first-order chi connectivity index (χ1) is 17.1. The van der Waals surface area contributed by atoms with Crippen LogP contribution in [-0.4, -0.2) is 35.1 Å². The number of nitrogens with zero attached hydrogens (tertiary/aromatic N) is 3. The van der Waals surface area contributed by atoms with Crippen LogP contribution in [0.15, 0.2) is 70.8 Å². The maximum atomic E-state index is 13.5. The van der Waals surface area contributed by atoms with Gasteiger partial charge in [0.2, 0.25) is 11.9 Å². The van der Waals surface area contributed by atoms with Crippen molar-refractivity contribution in [2.75, 3.05) is 24.5 Å². The normalized spacial score (nSPS) is 15.9. The fraction of sp³-hybridized carbons (Fsp3) is 0.321. The van der Waals surface area contributed by atoms with Gasteiger partial charge in [-0.3, -0.25) is 9.59 Å². The van der Waals surface area contributed by atoms with E-state index in [2.05, 4.69) is 22.3 Å². The summed E-state index contributed by atoms with van der Waals surface area (Å²) < 4.78 is 2.37. The molecule has 1 aliphatic heterocycles. The lowest BCUT2D eigenvalue weighted by atomic mass is 9.97. The zero-order valence-corrected chi connectivity index (χ0v) is 20.8. The van der Waals surface area contributed by atoms with Gasteiger partial charge in [-0.2, -0.15) is 0 Å². The second kappa shape index (κ2) is 10.4. The number of fused-ring (bicyclic) bond motifs is 1. The number of piperidine rings is 1. The largest absolute Gasteiger partial charge is 0.356 e. The molecule has 0 bridgehead atoms. The maximum absolute atomic E-state index is 13.5. The summed E-state index contributed by atoms with van der Waals surface area (Å²) in [5.41, 5.74) is 3.83. The number of thiophene rings is 1. The molecule has 1 saturated heterocycles. The molecule has 4 aromatic rings. The van der Waals surface area contributed by atoms with E-state index in [0.717, 1.165) is 43.5 Å². The van der Waals surface area contributed by atoms with Crippen LogP contribution in [0.5, 0.6) is 0 Å². The van der Waals surface area contributed by atoms with E-state index in [4.69, 9.17) is 4.98 Å². The van der Waals surface area contributed by atoms with E-state index in [1.165, 1.54) is 16.9 Å². The van der Waals surface area contributed by atoms with Gasteiger partial charge in [-0.25, -0.2) is 9.55 Å². The van der Waals surface area contributed by atoms with E-state index < -0.39 is 0 Å². The SMILES string of the molecule is Cc1cccc(-n2c(N3CCCC(C(=O)NCCCc4ccccc4)C3)nc3ccsc3c2=O)c1. The first-order valence-electron chi connectivity index (χ1n) is 12.2. The Labute approximate surface area is 209 Å². The van der Waals surface area contributed by atoms with Gasteiger partial charge in [-0.05, 0) is 67.3 Å². The molecular weight excluding hydrogens is 456 g/mol. The Morgan fingerprint density at radius 3 is 2.83 bits per heavy atom. The van der Waals surface area contributed by atoms with Gasteiger partial charge in [0.1, 0.15) is 4.70 Å². The van der Waals surface area contributed by atoms with Crippen LogP contribution in [0.25, 0.3) is 15.9 Å². The van der Waals surface area contributed by atoms with Gasteiger partial charge in [-0.15, -0.1) is 11.3 Å². The van der Waals surface area contributed by atoms with Gasteiger partial charge >= 0.3 is 0 Å². The van der Waals surface area contributed by atoms with Crippen molar-refractivity contribution in [3.8, 4) is 5.69 Å². The third kappa shape index (κ3) is 5.15. The molecule has 2 aromatic carbocycles. The molecule has 0 spiro atoms. The second-order valence-corrected chi connectivity index (χ2v) is 10.1. The Kier molecular flexibility index (Phi) is 6.95. The van der Waals surface area contributed by atoms with Crippen LogP contribution in [0.2, 0.25) is 0 Å². The predicted octanol–water partition coefficient (Wildman–Crippen LogP) is 4.72. The number of hydrogen-bond acceptors (Lipinski definition) is 5. The lowest BCUT2D eigenvalue weighted by molar-refractivity contribution is -0.125. The third-order valence-corrected chi connectivity index (χ3v) is 7.47. The summed E-state index contributed by atoms with van der Waals surface area (Å²) in [6.07, 6.45) is 3.59. The highest BCUT2D eigenvalue weighted by Gasteiger charge is 2.29. The minimum absolute atomic E-state index is 0.0573. The summed E-state index contributed by atoms with van der Waals surface area (Å²) in [5, 5.41) is 5.04. The van der Waals surface area contributed by atoms with Gasteiger partial charge < -0.3 is 10.2 Å². The molecule has 0 aliphatic carbocycles. The molecule has 1 atom stereocenters. The van der Waals surface area contributed by atoms with Crippen LogP contribution >= 0.6 is 11.3 Å². The van der Waals surface area contributed by atoms with Gasteiger partial charge in [0.05, 0.1) is 17.1 Å². The molecule has 7 heteroatoms. The first kappa shape index (κ1) is 23.3. The van der Waals surface area contributed by atoms with Crippen molar-refractivity contribution in [2.24, 2.45) is 5.92 Å². The monoisotopic (exact) mass is 486 g/mol. The van der Waals surface area contributed by atoms with Crippen molar-refractivity contribution in [1.29, 1.82) is 0 Å². The fourth-order valence-corrected chi connectivity index (χ4v) is 5.54. The summed E-state index contributed by atoms with van der Waals surface area (Å²) in [4.78, 5) is 33.5. The topological polar surface area (TPSA) is 67.2 Å². The summed E-state index contributed by atoms with van der Waals surface area (Å²) in [7, 11) is 0. The van der Waals surface area contributed by atoms with Crippen LogP contribution in [0, 0.1) is 12.8 Å². The molecule has 1 fully saturated rings. The number of nitrogens with one attached hydrogen (secondary N) is 1. The maximum Gasteiger partial charge on any atom is 0.277 e. The van der Waals surface area contributed by atoms with E-state index in [1.54, 1.807) is 4.57 Å². The number of benzene rings is 2. The van der Waals surface area contributed by atoms with Crippen LogP contribution in [0.1, 0.15) is 30.4 Å². The van der Waals surface area contributed by atoms with Gasteiger partial charge in [0.25, 0.3) is 5.56 Å². The van der Waals surface area contributed by atoms with Crippen LogP contribution < -0.4 is 15.8 Å². The van der Waals surface area contributed by atoms with Crippen molar-refractivity contribution >= 4 is 33.4 Å². The van der Waals surface area contributed by atoms with Crippen LogP contribution in [0.4, 0.5) is 5.95 Å².